The van der Waals surface area contributed by atoms with E-state index < -0.39 is 0 Å². The van der Waals surface area contributed by atoms with Gasteiger partial charge in [0.25, 0.3) is 0 Å². The van der Waals surface area contributed by atoms with E-state index in [0.29, 0.717) is 6.54 Å². The maximum Gasteiger partial charge on any atom is 0.322 e. The van der Waals surface area contributed by atoms with Gasteiger partial charge in [0, 0.05) is 6.54 Å². The summed E-state index contributed by atoms with van der Waals surface area (Å²) in [4.78, 5) is 13.1. The van der Waals surface area contributed by atoms with Crippen LogP contribution in [0.25, 0.3) is 0 Å². The molecule has 0 aliphatic carbocycles. The summed E-state index contributed by atoms with van der Waals surface area (Å²) in [6.07, 6.45) is 1.49. The number of esters is 1. The second-order valence-electron chi connectivity index (χ2n) is 3.49. The van der Waals surface area contributed by atoms with Crippen LogP contribution in [0.3, 0.4) is 0 Å². The average Bonchev–Trinajstić information content (AvgIpc) is 2.15. The van der Waals surface area contributed by atoms with Gasteiger partial charge in [-0.25, -0.2) is 0 Å². The van der Waals surface area contributed by atoms with E-state index in [4.69, 9.17) is 0 Å². The lowest BCUT2D eigenvalue weighted by molar-refractivity contribution is -0.147. The number of hydrogen-bond donors (Lipinski definition) is 1. The third kappa shape index (κ3) is 2.67. The van der Waals surface area contributed by atoms with Crippen LogP contribution in [0.15, 0.2) is 0 Å². The highest BCUT2D eigenvalue weighted by molar-refractivity contribution is 5.75. The van der Waals surface area contributed by atoms with E-state index >= 15 is 0 Å². The Morgan fingerprint density at radius 1 is 1.69 bits per heavy atom. The number of nitrogens with zero attached hydrogens (tertiary/aromatic N) is 1. The van der Waals surface area contributed by atoms with E-state index in [1.54, 1.807) is 0 Å². The lowest BCUT2D eigenvalue weighted by Crippen LogP contribution is -2.47. The van der Waals surface area contributed by atoms with Crippen LogP contribution in [-0.2, 0) is 9.53 Å². The van der Waals surface area contributed by atoms with E-state index in [1.807, 2.05) is 11.8 Å². The van der Waals surface area contributed by atoms with Crippen LogP contribution >= 0.6 is 0 Å². The zero-order chi connectivity index (χ0) is 9.84. The van der Waals surface area contributed by atoms with Crippen molar-refractivity contribution in [3.05, 3.63) is 0 Å². The second-order valence-corrected chi connectivity index (χ2v) is 3.49. The van der Waals surface area contributed by atoms with Crippen molar-refractivity contribution in [2.24, 2.45) is 0 Å². The second kappa shape index (κ2) is 4.58. The van der Waals surface area contributed by atoms with Gasteiger partial charge >= 0.3 is 5.97 Å². The summed E-state index contributed by atoms with van der Waals surface area (Å²) in [5, 5.41) is 9.39. The fraction of sp³-hybridized carbons (Fsp3) is 0.889. The number of aliphatic hydroxyl groups excluding tert-OH is 1. The van der Waals surface area contributed by atoms with Gasteiger partial charge in [0.2, 0.25) is 0 Å². The maximum absolute atomic E-state index is 11.2. The van der Waals surface area contributed by atoms with Gasteiger partial charge in [-0.15, -0.1) is 0 Å². The first-order valence-electron chi connectivity index (χ1n) is 4.65. The largest absolute Gasteiger partial charge is 0.468 e. The molecule has 0 spiro atoms. The highest BCUT2D eigenvalue weighted by Crippen LogP contribution is 2.13. The van der Waals surface area contributed by atoms with E-state index in [1.165, 1.54) is 7.11 Å². The van der Waals surface area contributed by atoms with Crippen molar-refractivity contribution >= 4 is 5.97 Å². The molecular weight excluding hydrogens is 170 g/mol. The van der Waals surface area contributed by atoms with Crippen LogP contribution in [0.4, 0.5) is 0 Å². The summed E-state index contributed by atoms with van der Waals surface area (Å²) in [5.41, 5.74) is 0. The van der Waals surface area contributed by atoms with Crippen molar-refractivity contribution in [2.45, 2.75) is 31.9 Å². The highest BCUT2D eigenvalue weighted by Gasteiger charge is 2.26. The Morgan fingerprint density at radius 3 is 2.92 bits per heavy atom. The molecule has 1 rings (SSSR count). The van der Waals surface area contributed by atoms with Gasteiger partial charge in [-0.05, 0) is 26.3 Å². The summed E-state index contributed by atoms with van der Waals surface area (Å²) in [5.74, 6) is -0.228. The van der Waals surface area contributed by atoms with Crippen LogP contribution in [0, 0.1) is 0 Å². The molecule has 2 unspecified atom stereocenters. The Labute approximate surface area is 78.5 Å². The Hall–Kier alpha value is -0.610. The lowest BCUT2D eigenvalue weighted by atomic mass is 10.1. The van der Waals surface area contributed by atoms with E-state index in [2.05, 4.69) is 4.74 Å². The number of hydrogen-bond acceptors (Lipinski definition) is 4. The SMILES string of the molecule is COC(=O)C(C)N1CCCC(O)C1. The molecule has 0 bridgehead atoms. The molecule has 1 fully saturated rings. The molecule has 13 heavy (non-hydrogen) atoms. The highest BCUT2D eigenvalue weighted by atomic mass is 16.5. The Balaban J connectivity index is 2.45. The molecule has 0 radical (unpaired) electrons. The molecule has 0 aromatic rings. The van der Waals surface area contributed by atoms with E-state index in [-0.39, 0.29) is 18.1 Å². The van der Waals surface area contributed by atoms with Gasteiger partial charge in [0.15, 0.2) is 0 Å². The molecular formula is C9H17NO3. The molecule has 0 amide bonds. The predicted octanol–water partition coefficient (Wildman–Crippen LogP) is 0.00460. The first kappa shape index (κ1) is 10.5. The number of aliphatic hydroxyl groups is 1. The van der Waals surface area contributed by atoms with Crippen molar-refractivity contribution in [1.29, 1.82) is 0 Å². The van der Waals surface area contributed by atoms with Gasteiger partial charge in [-0.2, -0.15) is 0 Å². The Kier molecular flexibility index (Phi) is 3.69. The molecule has 2 atom stereocenters. The third-order valence-electron chi connectivity index (χ3n) is 2.52. The molecule has 1 saturated heterocycles. The predicted molar refractivity (Wildman–Crippen MR) is 48.3 cm³/mol. The van der Waals surface area contributed by atoms with Crippen LogP contribution < -0.4 is 0 Å². The molecule has 0 saturated carbocycles. The van der Waals surface area contributed by atoms with Crippen LogP contribution in [0.2, 0.25) is 0 Å². The quantitative estimate of drug-likeness (QED) is 0.618. The van der Waals surface area contributed by atoms with Crippen LogP contribution in [0.1, 0.15) is 19.8 Å². The molecule has 76 valence electrons. The molecule has 1 aliphatic rings. The number of rotatable bonds is 2. The first-order chi connectivity index (χ1) is 6.15. The molecule has 1 N–H and O–H groups in total. The number of piperidine rings is 1. The Bertz CT molecular complexity index is 184. The lowest BCUT2D eigenvalue weighted by Gasteiger charge is -2.33. The number of ether oxygens (including phenoxy) is 1. The average molecular weight is 187 g/mol. The van der Waals surface area contributed by atoms with Crippen LogP contribution in [-0.4, -0.2) is 48.3 Å². The fourth-order valence-corrected chi connectivity index (χ4v) is 1.65. The maximum atomic E-state index is 11.2. The summed E-state index contributed by atoms with van der Waals surface area (Å²) in [6.45, 7) is 3.26. The van der Waals surface area contributed by atoms with Crippen molar-refractivity contribution in [1.82, 2.24) is 4.90 Å². The monoisotopic (exact) mass is 187 g/mol. The molecule has 4 nitrogen and oxygen atoms in total. The number of β-amino-alcohol motifs (C(OH)–C–C–N with tert-alkyl or cyclic N) is 1. The first-order valence-corrected chi connectivity index (χ1v) is 4.65. The molecule has 4 heteroatoms. The summed E-state index contributed by atoms with van der Waals surface area (Å²) in [6, 6.07) is -0.236. The smallest absolute Gasteiger partial charge is 0.322 e. The molecule has 0 aromatic carbocycles. The molecule has 1 heterocycles. The summed E-state index contributed by atoms with van der Waals surface area (Å²) >= 11 is 0. The molecule has 1 aliphatic heterocycles. The standard InChI is InChI=1S/C9H17NO3/c1-7(9(12)13-2)10-5-3-4-8(11)6-10/h7-8,11H,3-6H2,1-2H3. The van der Waals surface area contributed by atoms with E-state index in [0.717, 1.165) is 19.4 Å². The zero-order valence-corrected chi connectivity index (χ0v) is 8.19. The minimum Gasteiger partial charge on any atom is -0.468 e. The fourth-order valence-electron chi connectivity index (χ4n) is 1.65. The van der Waals surface area contributed by atoms with Gasteiger partial charge in [0.05, 0.1) is 13.2 Å². The van der Waals surface area contributed by atoms with Crippen LogP contribution in [0.5, 0.6) is 0 Å². The zero-order valence-electron chi connectivity index (χ0n) is 8.19. The minimum absolute atomic E-state index is 0.228. The summed E-state index contributed by atoms with van der Waals surface area (Å²) in [7, 11) is 1.39. The van der Waals surface area contributed by atoms with Crippen molar-refractivity contribution in [3.8, 4) is 0 Å². The number of likely N-dealkylation sites (tertiary alicyclic amines) is 1. The summed E-state index contributed by atoms with van der Waals surface area (Å²) < 4.78 is 4.64. The van der Waals surface area contributed by atoms with Gasteiger partial charge in [0.1, 0.15) is 6.04 Å². The number of methoxy groups -OCH3 is 1. The van der Waals surface area contributed by atoms with Gasteiger partial charge in [-0.3, -0.25) is 9.69 Å². The Morgan fingerprint density at radius 2 is 2.38 bits per heavy atom. The van der Waals surface area contributed by atoms with Crippen molar-refractivity contribution in [2.75, 3.05) is 20.2 Å². The third-order valence-corrected chi connectivity index (χ3v) is 2.52. The van der Waals surface area contributed by atoms with Crippen molar-refractivity contribution in [3.63, 3.8) is 0 Å². The normalized spacial score (nSPS) is 26.8. The van der Waals surface area contributed by atoms with Crippen molar-refractivity contribution < 1.29 is 14.6 Å². The minimum atomic E-state index is -0.291. The topological polar surface area (TPSA) is 49.8 Å². The van der Waals surface area contributed by atoms with Gasteiger partial charge < -0.3 is 9.84 Å². The number of carbonyl (C=O) groups excluding carboxylic acids is 1. The van der Waals surface area contributed by atoms with E-state index in [9.17, 15) is 9.90 Å². The molecule has 0 aromatic heterocycles. The number of carbonyl (C=O) groups is 1. The van der Waals surface area contributed by atoms with Gasteiger partial charge in [-0.1, -0.05) is 0 Å².